The predicted octanol–water partition coefficient (Wildman–Crippen LogP) is 3.90. The number of hydrogen-bond donors (Lipinski definition) is 1. The average Bonchev–Trinajstić information content (AvgIpc) is 3.07. The van der Waals surface area contributed by atoms with E-state index in [2.05, 4.69) is 10.3 Å². The Balaban J connectivity index is 1.75. The Bertz CT molecular complexity index is 861. The van der Waals surface area contributed by atoms with Crippen LogP contribution in [0.4, 0.5) is 13.2 Å². The third-order valence-electron chi connectivity index (χ3n) is 4.50. The zero-order valence-corrected chi connectivity index (χ0v) is 15.6. The molecule has 0 saturated carbocycles. The minimum Gasteiger partial charge on any atom is -0.477 e. The molecule has 0 aromatic heterocycles. The van der Waals surface area contributed by atoms with Crippen LogP contribution in [0.5, 0.6) is 0 Å². The number of ether oxygens (including phenoxy) is 1. The number of aliphatic imine (C=N–C) groups is 1. The van der Waals surface area contributed by atoms with Crippen LogP contribution >= 0.6 is 0 Å². The van der Waals surface area contributed by atoms with Gasteiger partial charge in [0, 0.05) is 12.1 Å². The molecule has 0 aliphatic carbocycles. The topological polar surface area (TPSA) is 50.7 Å². The van der Waals surface area contributed by atoms with E-state index in [0.717, 1.165) is 5.56 Å². The van der Waals surface area contributed by atoms with Crippen molar-refractivity contribution in [1.82, 2.24) is 5.32 Å². The quantitative estimate of drug-likeness (QED) is 0.813. The lowest BCUT2D eigenvalue weighted by Gasteiger charge is -2.22. The molecule has 0 radical (unpaired) electrons. The van der Waals surface area contributed by atoms with E-state index in [0.29, 0.717) is 31.1 Å². The molecular weight excluding hydrogens is 369 g/mol. The first-order valence-electron chi connectivity index (χ1n) is 9.05. The van der Waals surface area contributed by atoms with Gasteiger partial charge in [0.15, 0.2) is 0 Å². The van der Waals surface area contributed by atoms with Crippen molar-refractivity contribution in [2.45, 2.75) is 32.4 Å². The molecule has 148 valence electrons. The van der Waals surface area contributed by atoms with E-state index >= 15 is 0 Å². The van der Waals surface area contributed by atoms with Crippen LogP contribution in [0, 0.1) is 23.4 Å². The van der Waals surface area contributed by atoms with Crippen molar-refractivity contribution in [1.29, 1.82) is 0 Å². The fourth-order valence-corrected chi connectivity index (χ4v) is 3.08. The molecule has 2 aromatic rings. The maximum Gasteiger partial charge on any atom is 0.257 e. The van der Waals surface area contributed by atoms with Gasteiger partial charge >= 0.3 is 0 Å². The molecule has 0 saturated heterocycles. The van der Waals surface area contributed by atoms with Gasteiger partial charge in [0.25, 0.3) is 5.91 Å². The normalized spacial score (nSPS) is 17.2. The SMILES string of the molecule is CC(C)C(NC(=O)c1c(F)cc(F)cc1F)C1=N[C@@H](Cc2ccccc2)CO1. The van der Waals surface area contributed by atoms with Crippen molar-refractivity contribution in [3.63, 3.8) is 0 Å². The van der Waals surface area contributed by atoms with E-state index in [4.69, 9.17) is 4.74 Å². The Kier molecular flexibility index (Phi) is 6.02. The second kappa shape index (κ2) is 8.46. The number of benzene rings is 2. The molecule has 0 fully saturated rings. The fourth-order valence-electron chi connectivity index (χ4n) is 3.08. The Morgan fingerprint density at radius 2 is 1.82 bits per heavy atom. The van der Waals surface area contributed by atoms with Crippen molar-refractivity contribution in [2.75, 3.05) is 6.61 Å². The number of carbonyl (C=O) groups is 1. The summed E-state index contributed by atoms with van der Waals surface area (Å²) < 4.78 is 46.5. The molecule has 1 N–H and O–H groups in total. The highest BCUT2D eigenvalue weighted by Crippen LogP contribution is 2.19. The highest BCUT2D eigenvalue weighted by Gasteiger charge is 2.31. The van der Waals surface area contributed by atoms with Gasteiger partial charge in [-0.25, -0.2) is 18.2 Å². The summed E-state index contributed by atoms with van der Waals surface area (Å²) in [6.07, 6.45) is 0.685. The van der Waals surface area contributed by atoms with E-state index < -0.39 is 35.0 Å². The van der Waals surface area contributed by atoms with Gasteiger partial charge in [-0.05, 0) is 17.9 Å². The first-order chi connectivity index (χ1) is 13.3. The lowest BCUT2D eigenvalue weighted by Crippen LogP contribution is -2.45. The van der Waals surface area contributed by atoms with Gasteiger partial charge in [-0.3, -0.25) is 4.79 Å². The summed E-state index contributed by atoms with van der Waals surface area (Å²) >= 11 is 0. The Morgan fingerprint density at radius 3 is 2.43 bits per heavy atom. The van der Waals surface area contributed by atoms with Crippen LogP contribution in [-0.2, 0) is 11.2 Å². The maximum atomic E-state index is 13.9. The molecule has 3 rings (SSSR count). The third-order valence-corrected chi connectivity index (χ3v) is 4.50. The average molecular weight is 390 g/mol. The maximum absolute atomic E-state index is 13.9. The van der Waals surface area contributed by atoms with Crippen molar-refractivity contribution < 1.29 is 22.7 Å². The summed E-state index contributed by atoms with van der Waals surface area (Å²) in [6.45, 7) is 4.03. The Labute approximate surface area is 161 Å². The van der Waals surface area contributed by atoms with Crippen LogP contribution in [0.1, 0.15) is 29.8 Å². The lowest BCUT2D eigenvalue weighted by molar-refractivity contribution is 0.0925. The van der Waals surface area contributed by atoms with E-state index in [1.165, 1.54) is 0 Å². The van der Waals surface area contributed by atoms with Crippen molar-refractivity contribution in [2.24, 2.45) is 10.9 Å². The number of rotatable bonds is 6. The molecular formula is C21H21F3N2O2. The van der Waals surface area contributed by atoms with Crippen molar-refractivity contribution in [3.05, 3.63) is 71.0 Å². The second-order valence-corrected chi connectivity index (χ2v) is 7.06. The smallest absolute Gasteiger partial charge is 0.257 e. The molecule has 1 heterocycles. The highest BCUT2D eigenvalue weighted by atomic mass is 19.1. The molecule has 2 aromatic carbocycles. The molecule has 0 bridgehead atoms. The summed E-state index contributed by atoms with van der Waals surface area (Å²) in [5.74, 6) is -4.38. The number of nitrogens with one attached hydrogen (secondary N) is 1. The van der Waals surface area contributed by atoms with Crippen LogP contribution in [-0.4, -0.2) is 30.5 Å². The standard InChI is InChI=1S/C21H21F3N2O2/c1-12(2)19(26-20(27)18-16(23)9-14(22)10-17(18)24)21-25-15(11-28-21)8-13-6-4-3-5-7-13/h3-7,9-10,12,15,19H,8,11H2,1-2H3,(H,26,27)/t15-,19?/m0/s1. The largest absolute Gasteiger partial charge is 0.477 e. The number of hydrogen-bond acceptors (Lipinski definition) is 3. The first-order valence-corrected chi connectivity index (χ1v) is 9.05. The zero-order valence-electron chi connectivity index (χ0n) is 15.6. The minimum atomic E-state index is -1.26. The predicted molar refractivity (Wildman–Crippen MR) is 99.7 cm³/mol. The minimum absolute atomic E-state index is 0.102. The molecule has 2 atom stereocenters. The monoisotopic (exact) mass is 390 g/mol. The third kappa shape index (κ3) is 4.52. The van der Waals surface area contributed by atoms with E-state index in [1.807, 2.05) is 44.2 Å². The number of carbonyl (C=O) groups excluding carboxylic acids is 1. The van der Waals surface area contributed by atoms with Gasteiger partial charge < -0.3 is 10.1 Å². The molecule has 7 heteroatoms. The van der Waals surface area contributed by atoms with Gasteiger partial charge in [-0.15, -0.1) is 0 Å². The number of halogens is 3. The summed E-state index contributed by atoms with van der Waals surface area (Å²) in [5, 5.41) is 2.56. The summed E-state index contributed by atoms with van der Waals surface area (Å²) in [5.41, 5.74) is 0.285. The lowest BCUT2D eigenvalue weighted by atomic mass is 10.0. The molecule has 1 aliphatic rings. The summed E-state index contributed by atoms with van der Waals surface area (Å²) in [6, 6.07) is 10.00. The van der Waals surface area contributed by atoms with E-state index in [9.17, 15) is 18.0 Å². The van der Waals surface area contributed by atoms with E-state index in [1.54, 1.807) is 0 Å². The Morgan fingerprint density at radius 1 is 1.18 bits per heavy atom. The summed E-state index contributed by atoms with van der Waals surface area (Å²) in [4.78, 5) is 17.0. The fraction of sp³-hybridized carbons (Fsp3) is 0.333. The molecule has 1 aliphatic heterocycles. The number of amides is 1. The van der Waals surface area contributed by atoms with Gasteiger partial charge in [0.1, 0.15) is 35.7 Å². The van der Waals surface area contributed by atoms with Crippen LogP contribution < -0.4 is 5.32 Å². The van der Waals surface area contributed by atoms with Gasteiger partial charge in [0.2, 0.25) is 5.90 Å². The van der Waals surface area contributed by atoms with Crippen LogP contribution in [0.25, 0.3) is 0 Å². The van der Waals surface area contributed by atoms with Crippen molar-refractivity contribution in [3.8, 4) is 0 Å². The highest BCUT2D eigenvalue weighted by molar-refractivity contribution is 5.98. The first kappa shape index (κ1) is 19.9. The molecule has 1 unspecified atom stereocenters. The molecule has 1 amide bonds. The van der Waals surface area contributed by atoms with Gasteiger partial charge in [0.05, 0.1) is 6.04 Å². The second-order valence-electron chi connectivity index (χ2n) is 7.06. The number of nitrogens with zero attached hydrogens (tertiary/aromatic N) is 1. The van der Waals surface area contributed by atoms with Gasteiger partial charge in [-0.1, -0.05) is 44.2 Å². The van der Waals surface area contributed by atoms with Crippen LogP contribution in [0.15, 0.2) is 47.5 Å². The van der Waals surface area contributed by atoms with Crippen LogP contribution in [0.3, 0.4) is 0 Å². The van der Waals surface area contributed by atoms with E-state index in [-0.39, 0.29) is 12.0 Å². The van der Waals surface area contributed by atoms with Crippen LogP contribution in [0.2, 0.25) is 0 Å². The Hall–Kier alpha value is -2.83. The molecule has 4 nitrogen and oxygen atoms in total. The van der Waals surface area contributed by atoms with Gasteiger partial charge in [-0.2, -0.15) is 0 Å². The zero-order chi connectivity index (χ0) is 20.3. The summed E-state index contributed by atoms with van der Waals surface area (Å²) in [7, 11) is 0. The molecule has 0 spiro atoms. The molecule has 28 heavy (non-hydrogen) atoms. The van der Waals surface area contributed by atoms with Crippen molar-refractivity contribution >= 4 is 11.8 Å².